The average molecular weight is 358 g/mol. The van der Waals surface area contributed by atoms with Gasteiger partial charge in [0.05, 0.1) is 12.2 Å². The van der Waals surface area contributed by atoms with E-state index in [1.807, 2.05) is 6.07 Å². The highest BCUT2D eigenvalue weighted by Gasteiger charge is 2.39. The summed E-state index contributed by atoms with van der Waals surface area (Å²) < 4.78 is 47.3. The molecule has 0 saturated heterocycles. The summed E-state index contributed by atoms with van der Waals surface area (Å²) in [5.41, 5.74) is -0.850. The molecule has 0 aliphatic carbocycles. The number of benzene rings is 1. The Labute approximate surface area is 144 Å². The van der Waals surface area contributed by atoms with E-state index in [2.05, 4.69) is 6.58 Å². The van der Waals surface area contributed by atoms with Gasteiger partial charge < -0.3 is 9.47 Å². The highest BCUT2D eigenvalue weighted by atomic mass is 19.4. The molecule has 1 rings (SSSR count). The van der Waals surface area contributed by atoms with Crippen molar-refractivity contribution >= 4 is 11.9 Å². The lowest BCUT2D eigenvalue weighted by molar-refractivity contribution is -0.162. The Bertz CT molecular complexity index is 655. The summed E-state index contributed by atoms with van der Waals surface area (Å²) in [4.78, 5) is 23.6. The van der Waals surface area contributed by atoms with Crippen LogP contribution in [0.25, 0.3) is 0 Å². The molecule has 0 unspecified atom stereocenters. The van der Waals surface area contributed by atoms with E-state index in [1.165, 1.54) is 13.8 Å². The molecule has 0 amide bonds. The zero-order valence-corrected chi connectivity index (χ0v) is 14.6. The summed E-state index contributed by atoms with van der Waals surface area (Å²) in [6.45, 7) is 9.00. The van der Waals surface area contributed by atoms with Crippen molar-refractivity contribution in [1.82, 2.24) is 0 Å². The normalized spacial score (nSPS) is 11.8. The van der Waals surface area contributed by atoms with Gasteiger partial charge in [0, 0.05) is 6.42 Å². The van der Waals surface area contributed by atoms with Crippen LogP contribution in [0, 0.1) is 13.8 Å². The Hall–Kier alpha value is -2.31. The highest BCUT2D eigenvalue weighted by Crippen LogP contribution is 2.27. The number of aryl methyl sites for hydroxylation is 2. The second-order valence-electron chi connectivity index (χ2n) is 6.28. The van der Waals surface area contributed by atoms with Gasteiger partial charge in [-0.3, -0.25) is 0 Å². The van der Waals surface area contributed by atoms with Gasteiger partial charge in [-0.2, -0.15) is 13.2 Å². The van der Waals surface area contributed by atoms with Crippen molar-refractivity contribution in [3.63, 3.8) is 0 Å². The summed E-state index contributed by atoms with van der Waals surface area (Å²) in [6.07, 6.45) is -4.80. The van der Waals surface area contributed by atoms with Crippen LogP contribution >= 0.6 is 0 Å². The molecule has 0 fully saturated rings. The molecule has 0 radical (unpaired) electrons. The monoisotopic (exact) mass is 358 g/mol. The Morgan fingerprint density at radius 2 is 1.64 bits per heavy atom. The zero-order chi connectivity index (χ0) is 19.4. The van der Waals surface area contributed by atoms with Crippen LogP contribution < -0.4 is 0 Å². The van der Waals surface area contributed by atoms with Crippen LogP contribution in [0.3, 0.4) is 0 Å². The lowest BCUT2D eigenvalue weighted by Gasteiger charge is -2.25. The lowest BCUT2D eigenvalue weighted by Crippen LogP contribution is -2.33. The van der Waals surface area contributed by atoms with E-state index >= 15 is 0 Å². The first kappa shape index (κ1) is 20.7. The van der Waals surface area contributed by atoms with Crippen molar-refractivity contribution < 1.29 is 32.2 Å². The molecule has 0 atom stereocenters. The van der Waals surface area contributed by atoms with Gasteiger partial charge in [0.15, 0.2) is 0 Å². The molecule has 7 heteroatoms. The van der Waals surface area contributed by atoms with Crippen molar-refractivity contribution in [2.24, 2.45) is 0 Å². The van der Waals surface area contributed by atoms with E-state index in [0.717, 1.165) is 11.1 Å². The fourth-order valence-electron chi connectivity index (χ4n) is 2.08. The van der Waals surface area contributed by atoms with Crippen molar-refractivity contribution in [3.05, 3.63) is 47.0 Å². The minimum atomic E-state index is -4.85. The predicted molar refractivity (Wildman–Crippen MR) is 86.2 cm³/mol. The maximum atomic E-state index is 12.4. The highest BCUT2D eigenvalue weighted by molar-refractivity contribution is 5.92. The van der Waals surface area contributed by atoms with E-state index < -0.39 is 29.3 Å². The summed E-state index contributed by atoms with van der Waals surface area (Å²) in [7, 11) is 0. The third-order valence-corrected chi connectivity index (χ3v) is 3.58. The molecule has 0 aliphatic rings. The molecular formula is C18H21F3O4. The molecule has 1 aromatic carbocycles. The first-order chi connectivity index (χ1) is 11.3. The number of alkyl halides is 3. The summed E-state index contributed by atoms with van der Waals surface area (Å²) in [5.74, 6) is -2.07. The second kappa shape index (κ2) is 7.72. The SMILES string of the molecule is C=C(C(=O)OC(C)(C)CCOC(=O)c1c(C)cccc1C)C(F)(F)F. The third kappa shape index (κ3) is 5.92. The van der Waals surface area contributed by atoms with Crippen LogP contribution in [0.5, 0.6) is 0 Å². The Morgan fingerprint density at radius 3 is 2.12 bits per heavy atom. The predicted octanol–water partition coefficient (Wildman–Crippen LogP) is 4.29. The molecule has 0 saturated carbocycles. The number of carbonyl (C=O) groups excluding carboxylic acids is 2. The molecule has 1 aromatic rings. The Morgan fingerprint density at radius 1 is 1.12 bits per heavy atom. The van der Waals surface area contributed by atoms with Crippen molar-refractivity contribution in [3.8, 4) is 0 Å². The van der Waals surface area contributed by atoms with Crippen LogP contribution in [0.1, 0.15) is 41.8 Å². The molecule has 0 aromatic heterocycles. The number of ether oxygens (including phenoxy) is 2. The number of carbonyl (C=O) groups is 2. The minimum absolute atomic E-state index is 0.0422. The molecule has 0 heterocycles. The largest absolute Gasteiger partial charge is 0.462 e. The second-order valence-corrected chi connectivity index (χ2v) is 6.28. The maximum Gasteiger partial charge on any atom is 0.422 e. The molecule has 25 heavy (non-hydrogen) atoms. The summed E-state index contributed by atoms with van der Waals surface area (Å²) >= 11 is 0. The molecule has 0 spiro atoms. The van der Waals surface area contributed by atoms with E-state index in [4.69, 9.17) is 9.47 Å². The van der Waals surface area contributed by atoms with Gasteiger partial charge in [0.25, 0.3) is 0 Å². The van der Waals surface area contributed by atoms with Crippen LogP contribution in [0.4, 0.5) is 13.2 Å². The van der Waals surface area contributed by atoms with Crippen molar-refractivity contribution in [2.75, 3.05) is 6.61 Å². The number of esters is 2. The standard InChI is InChI=1S/C18H21F3O4/c1-11-7-6-8-12(2)14(11)16(23)24-10-9-17(4,5)25-15(22)13(3)18(19,20)21/h6-8H,3,9-10H2,1-2,4-5H3. The first-order valence-corrected chi connectivity index (χ1v) is 7.58. The number of hydrogen-bond acceptors (Lipinski definition) is 4. The van der Waals surface area contributed by atoms with Crippen LogP contribution in [0.2, 0.25) is 0 Å². The molecule has 0 N–H and O–H groups in total. The quantitative estimate of drug-likeness (QED) is 0.562. The molecular weight excluding hydrogens is 337 g/mol. The van der Waals surface area contributed by atoms with Gasteiger partial charge in [-0.1, -0.05) is 24.8 Å². The molecule has 0 aliphatic heterocycles. The summed E-state index contributed by atoms with van der Waals surface area (Å²) in [6, 6.07) is 5.37. The minimum Gasteiger partial charge on any atom is -0.462 e. The van der Waals surface area contributed by atoms with Crippen LogP contribution in [-0.4, -0.2) is 30.3 Å². The maximum absolute atomic E-state index is 12.4. The van der Waals surface area contributed by atoms with Gasteiger partial charge in [0.2, 0.25) is 0 Å². The molecule has 4 nitrogen and oxygen atoms in total. The fourth-order valence-corrected chi connectivity index (χ4v) is 2.08. The average Bonchev–Trinajstić information content (AvgIpc) is 2.44. The van der Waals surface area contributed by atoms with Crippen LogP contribution in [0.15, 0.2) is 30.4 Å². The molecule has 138 valence electrons. The Kier molecular flexibility index (Phi) is 6.40. The fraction of sp³-hybridized carbons (Fsp3) is 0.444. The van der Waals surface area contributed by atoms with Crippen LogP contribution in [-0.2, 0) is 14.3 Å². The number of rotatable bonds is 6. The van der Waals surface area contributed by atoms with E-state index in [0.29, 0.717) is 5.56 Å². The van der Waals surface area contributed by atoms with Gasteiger partial charge in [-0.25, -0.2) is 9.59 Å². The van der Waals surface area contributed by atoms with E-state index in [1.54, 1.807) is 26.0 Å². The van der Waals surface area contributed by atoms with E-state index in [-0.39, 0.29) is 13.0 Å². The Balaban J connectivity index is 2.61. The lowest BCUT2D eigenvalue weighted by atomic mass is 10.0. The van der Waals surface area contributed by atoms with Gasteiger partial charge >= 0.3 is 18.1 Å². The first-order valence-electron chi connectivity index (χ1n) is 7.58. The van der Waals surface area contributed by atoms with Gasteiger partial charge in [-0.05, 0) is 38.8 Å². The van der Waals surface area contributed by atoms with Gasteiger partial charge in [0.1, 0.15) is 11.2 Å². The van der Waals surface area contributed by atoms with Crippen molar-refractivity contribution in [2.45, 2.75) is 45.9 Å². The molecule has 0 bridgehead atoms. The van der Waals surface area contributed by atoms with Gasteiger partial charge in [-0.15, -0.1) is 0 Å². The third-order valence-electron chi connectivity index (χ3n) is 3.58. The number of halogens is 3. The number of hydrogen-bond donors (Lipinski definition) is 0. The topological polar surface area (TPSA) is 52.6 Å². The van der Waals surface area contributed by atoms with E-state index in [9.17, 15) is 22.8 Å². The summed E-state index contributed by atoms with van der Waals surface area (Å²) in [5, 5.41) is 0. The van der Waals surface area contributed by atoms with Crippen molar-refractivity contribution in [1.29, 1.82) is 0 Å². The smallest absolute Gasteiger partial charge is 0.422 e. The zero-order valence-electron chi connectivity index (χ0n) is 14.6.